The molecule has 1 fully saturated rings. The van der Waals surface area contributed by atoms with Crippen molar-refractivity contribution < 1.29 is 9.59 Å². The Bertz CT molecular complexity index is 892. The third-order valence-corrected chi connectivity index (χ3v) is 5.29. The van der Waals surface area contributed by atoms with Gasteiger partial charge in [0.15, 0.2) is 0 Å². The highest BCUT2D eigenvalue weighted by Crippen LogP contribution is 2.37. The fourth-order valence-corrected chi connectivity index (χ4v) is 3.78. The van der Waals surface area contributed by atoms with Crippen LogP contribution in [0, 0.1) is 5.92 Å². The first-order valence-corrected chi connectivity index (χ1v) is 9.44. The van der Waals surface area contributed by atoms with Crippen molar-refractivity contribution in [2.45, 2.75) is 19.3 Å². The number of para-hydroxylation sites is 2. The number of hydrogen-bond donors (Lipinski definition) is 1. The van der Waals surface area contributed by atoms with Crippen LogP contribution in [-0.2, 0) is 9.59 Å². The molecular formula is C20H18BrN3O2. The topological polar surface area (TPSA) is 61.8 Å². The van der Waals surface area contributed by atoms with Crippen LogP contribution in [0.3, 0.4) is 0 Å². The average molecular weight is 412 g/mol. The lowest BCUT2D eigenvalue weighted by Crippen LogP contribution is -2.41. The van der Waals surface area contributed by atoms with E-state index in [9.17, 15) is 9.59 Å². The molecular weight excluding hydrogens is 394 g/mol. The van der Waals surface area contributed by atoms with Gasteiger partial charge in [0.05, 0.1) is 17.3 Å². The molecule has 132 valence electrons. The molecule has 1 N–H and O–H groups in total. The molecule has 6 heteroatoms. The van der Waals surface area contributed by atoms with Crippen molar-refractivity contribution in [3.63, 3.8) is 0 Å². The van der Waals surface area contributed by atoms with E-state index in [-0.39, 0.29) is 24.3 Å². The van der Waals surface area contributed by atoms with Crippen LogP contribution in [0.5, 0.6) is 0 Å². The number of amides is 2. The number of carbonyl (C=O) groups excluding carboxylic acids is 2. The van der Waals surface area contributed by atoms with Crippen LogP contribution in [0.2, 0.25) is 0 Å². The number of hydrogen-bond acceptors (Lipinski definition) is 3. The van der Waals surface area contributed by atoms with Gasteiger partial charge < -0.3 is 10.2 Å². The van der Waals surface area contributed by atoms with Gasteiger partial charge in [-0.1, -0.05) is 28.1 Å². The maximum Gasteiger partial charge on any atom is 0.244 e. The number of halogens is 1. The molecule has 2 aromatic rings. The summed E-state index contributed by atoms with van der Waals surface area (Å²) >= 11 is 3.37. The van der Waals surface area contributed by atoms with Gasteiger partial charge in [-0.2, -0.15) is 0 Å². The quantitative estimate of drug-likeness (QED) is 0.817. The minimum Gasteiger partial charge on any atom is -0.325 e. The summed E-state index contributed by atoms with van der Waals surface area (Å²) in [6, 6.07) is 14.9. The van der Waals surface area contributed by atoms with Gasteiger partial charge in [0.2, 0.25) is 11.8 Å². The minimum atomic E-state index is -0.225. The van der Waals surface area contributed by atoms with Gasteiger partial charge in [-0.25, -0.2) is 0 Å². The zero-order valence-electron chi connectivity index (χ0n) is 14.1. The standard InChI is InChI=1S/C20H18BrN3O2/c21-13-8-10-14(11-9-13)22-19(25)12-24-18-7-2-1-5-17(18)23-16-6-3-4-15(16)20(24)26/h1-2,5,7-11,15H,3-4,6,12H2,(H,22,25). The lowest BCUT2D eigenvalue weighted by molar-refractivity contribution is -0.122. The molecule has 1 aliphatic carbocycles. The lowest BCUT2D eigenvalue weighted by atomic mass is 10.1. The van der Waals surface area contributed by atoms with E-state index in [1.165, 1.54) is 0 Å². The highest BCUT2D eigenvalue weighted by molar-refractivity contribution is 9.10. The number of aliphatic imine (C=N–C) groups is 1. The first kappa shape index (κ1) is 17.0. The Morgan fingerprint density at radius 1 is 1.19 bits per heavy atom. The van der Waals surface area contributed by atoms with Gasteiger partial charge in [-0.15, -0.1) is 0 Å². The third kappa shape index (κ3) is 3.29. The average Bonchev–Trinajstić information content (AvgIpc) is 3.06. The molecule has 5 nitrogen and oxygen atoms in total. The first-order chi connectivity index (χ1) is 12.6. The molecule has 1 aliphatic heterocycles. The van der Waals surface area contributed by atoms with Gasteiger partial charge in [0, 0.05) is 15.9 Å². The maximum atomic E-state index is 13.1. The Balaban J connectivity index is 1.59. The van der Waals surface area contributed by atoms with Crippen LogP contribution in [0.1, 0.15) is 19.3 Å². The molecule has 0 saturated heterocycles. The van der Waals surface area contributed by atoms with E-state index in [0.717, 1.165) is 35.1 Å². The predicted molar refractivity (Wildman–Crippen MR) is 106 cm³/mol. The molecule has 0 radical (unpaired) electrons. The van der Waals surface area contributed by atoms with Gasteiger partial charge in [0.1, 0.15) is 6.54 Å². The second kappa shape index (κ2) is 7.03. The van der Waals surface area contributed by atoms with E-state index < -0.39 is 0 Å². The number of rotatable bonds is 3. The molecule has 1 saturated carbocycles. The van der Waals surface area contributed by atoms with E-state index >= 15 is 0 Å². The van der Waals surface area contributed by atoms with Crippen LogP contribution in [-0.4, -0.2) is 24.1 Å². The Labute approximate surface area is 160 Å². The third-order valence-electron chi connectivity index (χ3n) is 4.76. The van der Waals surface area contributed by atoms with Crippen LogP contribution in [0.15, 0.2) is 58.0 Å². The van der Waals surface area contributed by atoms with Crippen LogP contribution in [0.4, 0.5) is 17.1 Å². The van der Waals surface area contributed by atoms with Gasteiger partial charge in [-0.3, -0.25) is 14.6 Å². The van der Waals surface area contributed by atoms with Crippen molar-refractivity contribution in [2.24, 2.45) is 10.9 Å². The van der Waals surface area contributed by atoms with E-state index in [4.69, 9.17) is 4.99 Å². The van der Waals surface area contributed by atoms with Gasteiger partial charge in [0.25, 0.3) is 0 Å². The molecule has 0 aromatic heterocycles. The number of anilines is 2. The molecule has 1 unspecified atom stereocenters. The summed E-state index contributed by atoms with van der Waals surface area (Å²) < 4.78 is 0.943. The largest absolute Gasteiger partial charge is 0.325 e. The molecule has 2 aliphatic rings. The van der Waals surface area contributed by atoms with Crippen molar-refractivity contribution in [1.82, 2.24) is 0 Å². The van der Waals surface area contributed by atoms with Crippen molar-refractivity contribution in [2.75, 3.05) is 16.8 Å². The van der Waals surface area contributed by atoms with Crippen molar-refractivity contribution in [3.8, 4) is 0 Å². The lowest BCUT2D eigenvalue weighted by Gasteiger charge is -2.24. The molecule has 0 spiro atoms. The summed E-state index contributed by atoms with van der Waals surface area (Å²) in [5, 5.41) is 2.86. The fraction of sp³-hybridized carbons (Fsp3) is 0.250. The SMILES string of the molecule is O=C(CN1C(=O)C2CCCC2=Nc2ccccc21)Nc1ccc(Br)cc1. The van der Waals surface area contributed by atoms with E-state index in [1.54, 1.807) is 4.90 Å². The zero-order valence-corrected chi connectivity index (χ0v) is 15.7. The Morgan fingerprint density at radius 2 is 1.96 bits per heavy atom. The number of nitrogens with one attached hydrogen (secondary N) is 1. The van der Waals surface area contributed by atoms with Crippen LogP contribution in [0.25, 0.3) is 0 Å². The van der Waals surface area contributed by atoms with E-state index in [0.29, 0.717) is 11.4 Å². The molecule has 2 aromatic carbocycles. The highest BCUT2D eigenvalue weighted by Gasteiger charge is 2.36. The number of carbonyl (C=O) groups is 2. The fourth-order valence-electron chi connectivity index (χ4n) is 3.52. The smallest absolute Gasteiger partial charge is 0.244 e. The number of nitrogens with zero attached hydrogens (tertiary/aromatic N) is 2. The maximum absolute atomic E-state index is 13.1. The Morgan fingerprint density at radius 3 is 2.77 bits per heavy atom. The van der Waals surface area contributed by atoms with Gasteiger partial charge >= 0.3 is 0 Å². The molecule has 26 heavy (non-hydrogen) atoms. The second-order valence-electron chi connectivity index (χ2n) is 6.52. The molecule has 1 heterocycles. The Kier molecular flexibility index (Phi) is 4.59. The zero-order chi connectivity index (χ0) is 18.1. The molecule has 2 amide bonds. The number of benzene rings is 2. The van der Waals surface area contributed by atoms with Crippen LogP contribution >= 0.6 is 15.9 Å². The van der Waals surface area contributed by atoms with E-state index in [2.05, 4.69) is 21.2 Å². The highest BCUT2D eigenvalue weighted by atomic mass is 79.9. The summed E-state index contributed by atoms with van der Waals surface area (Å²) in [6.45, 7) is -0.0226. The molecule has 1 atom stereocenters. The summed E-state index contributed by atoms with van der Waals surface area (Å²) in [6.07, 6.45) is 2.62. The van der Waals surface area contributed by atoms with Crippen molar-refractivity contribution in [1.29, 1.82) is 0 Å². The van der Waals surface area contributed by atoms with Crippen molar-refractivity contribution in [3.05, 3.63) is 53.0 Å². The minimum absolute atomic E-state index is 0.0226. The predicted octanol–water partition coefficient (Wildman–Crippen LogP) is 4.31. The molecule has 4 rings (SSSR count). The second-order valence-corrected chi connectivity index (χ2v) is 7.43. The van der Waals surface area contributed by atoms with E-state index in [1.807, 2.05) is 48.5 Å². The first-order valence-electron chi connectivity index (χ1n) is 8.65. The number of fused-ring (bicyclic) bond motifs is 2. The van der Waals surface area contributed by atoms with Crippen LogP contribution < -0.4 is 10.2 Å². The monoisotopic (exact) mass is 411 g/mol. The summed E-state index contributed by atoms with van der Waals surface area (Å²) in [7, 11) is 0. The Hall–Kier alpha value is -2.47. The van der Waals surface area contributed by atoms with Crippen molar-refractivity contribution >= 4 is 50.5 Å². The van der Waals surface area contributed by atoms with Gasteiger partial charge in [-0.05, 0) is 55.7 Å². The summed E-state index contributed by atoms with van der Waals surface area (Å²) in [4.78, 5) is 32.0. The summed E-state index contributed by atoms with van der Waals surface area (Å²) in [5.41, 5.74) is 3.10. The summed E-state index contributed by atoms with van der Waals surface area (Å²) in [5.74, 6) is -0.461. The molecule has 0 bridgehead atoms. The normalized spacial score (nSPS) is 18.7.